The predicted octanol–water partition coefficient (Wildman–Crippen LogP) is 2.87. The number of fused-ring (bicyclic) bond motifs is 1. The molecule has 0 aliphatic rings. The number of aryl methyl sites for hydroxylation is 1. The van der Waals surface area contributed by atoms with E-state index in [4.69, 9.17) is 4.74 Å². The number of ether oxygens (including phenoxy) is 1. The van der Waals surface area contributed by atoms with Crippen LogP contribution in [0.3, 0.4) is 0 Å². The van der Waals surface area contributed by atoms with Gasteiger partial charge in [-0.2, -0.15) is 0 Å². The largest absolute Gasteiger partial charge is 0.385 e. The normalized spacial score (nSPS) is 12.9. The lowest BCUT2D eigenvalue weighted by Gasteiger charge is -2.12. The van der Waals surface area contributed by atoms with Gasteiger partial charge < -0.3 is 14.6 Å². The fourth-order valence-electron chi connectivity index (χ4n) is 2.03. The summed E-state index contributed by atoms with van der Waals surface area (Å²) in [5.74, 6) is 0.520. The summed E-state index contributed by atoms with van der Waals surface area (Å²) in [5, 5.41) is 4.72. The highest BCUT2D eigenvalue weighted by molar-refractivity contribution is 5.83. The van der Waals surface area contributed by atoms with Gasteiger partial charge in [-0.25, -0.2) is 0 Å². The zero-order chi connectivity index (χ0) is 12.3. The first-order chi connectivity index (χ1) is 8.20. The van der Waals surface area contributed by atoms with Crippen molar-refractivity contribution < 1.29 is 4.74 Å². The van der Waals surface area contributed by atoms with E-state index in [9.17, 15) is 0 Å². The van der Waals surface area contributed by atoms with E-state index in [1.165, 1.54) is 16.6 Å². The van der Waals surface area contributed by atoms with Gasteiger partial charge in [0.15, 0.2) is 0 Å². The summed E-state index contributed by atoms with van der Waals surface area (Å²) < 4.78 is 7.25. The van der Waals surface area contributed by atoms with Crippen LogP contribution in [0.2, 0.25) is 0 Å². The van der Waals surface area contributed by atoms with Gasteiger partial charge in [0.25, 0.3) is 0 Å². The molecule has 2 rings (SSSR count). The minimum atomic E-state index is 0.520. The summed E-state index contributed by atoms with van der Waals surface area (Å²) in [6.07, 6.45) is 2.09. The van der Waals surface area contributed by atoms with E-state index in [0.29, 0.717) is 5.92 Å². The minimum Gasteiger partial charge on any atom is -0.385 e. The molecule has 2 aromatic rings. The van der Waals surface area contributed by atoms with E-state index in [0.717, 1.165) is 13.2 Å². The molecule has 1 atom stereocenters. The lowest BCUT2D eigenvalue weighted by atomic mass is 10.2. The number of hydrogen-bond acceptors (Lipinski definition) is 2. The zero-order valence-corrected chi connectivity index (χ0v) is 10.7. The Kier molecular flexibility index (Phi) is 3.69. The highest BCUT2D eigenvalue weighted by atomic mass is 16.5. The fourth-order valence-corrected chi connectivity index (χ4v) is 2.03. The Bertz CT molecular complexity index is 490. The van der Waals surface area contributed by atoms with Crippen molar-refractivity contribution in [3.05, 3.63) is 30.5 Å². The Morgan fingerprint density at radius 3 is 2.94 bits per heavy atom. The molecular formula is C14H20N2O. The first kappa shape index (κ1) is 12.0. The van der Waals surface area contributed by atoms with Gasteiger partial charge in [0.05, 0.1) is 6.61 Å². The first-order valence-corrected chi connectivity index (χ1v) is 5.98. The van der Waals surface area contributed by atoms with Crippen molar-refractivity contribution in [2.45, 2.75) is 6.92 Å². The van der Waals surface area contributed by atoms with Crippen molar-refractivity contribution in [3.8, 4) is 0 Å². The van der Waals surface area contributed by atoms with Crippen LogP contribution in [0.1, 0.15) is 6.92 Å². The summed E-state index contributed by atoms with van der Waals surface area (Å²) in [5.41, 5.74) is 2.44. The van der Waals surface area contributed by atoms with Crippen LogP contribution in [-0.4, -0.2) is 24.8 Å². The number of methoxy groups -OCH3 is 1. The lowest BCUT2D eigenvalue weighted by molar-refractivity contribution is 0.164. The molecule has 1 aromatic carbocycles. The van der Waals surface area contributed by atoms with Crippen LogP contribution >= 0.6 is 0 Å². The molecule has 3 nitrogen and oxygen atoms in total. The number of aromatic nitrogens is 1. The van der Waals surface area contributed by atoms with Gasteiger partial charge in [0.2, 0.25) is 0 Å². The van der Waals surface area contributed by atoms with Crippen LogP contribution in [0.15, 0.2) is 30.5 Å². The molecule has 1 aromatic heterocycles. The maximum Gasteiger partial charge on any atom is 0.0504 e. The van der Waals surface area contributed by atoms with Crippen molar-refractivity contribution in [2.24, 2.45) is 13.0 Å². The number of hydrogen-bond donors (Lipinski definition) is 1. The third kappa shape index (κ3) is 2.80. The van der Waals surface area contributed by atoms with E-state index in [-0.39, 0.29) is 0 Å². The van der Waals surface area contributed by atoms with E-state index in [1.54, 1.807) is 7.11 Å². The molecule has 0 fully saturated rings. The average molecular weight is 232 g/mol. The van der Waals surface area contributed by atoms with Crippen molar-refractivity contribution in [1.29, 1.82) is 0 Å². The Labute approximate surface area is 102 Å². The van der Waals surface area contributed by atoms with Gasteiger partial charge in [0.1, 0.15) is 0 Å². The smallest absolute Gasteiger partial charge is 0.0504 e. The SMILES string of the molecule is COCC(C)CNc1ccc2c(ccn2C)c1. The van der Waals surface area contributed by atoms with Crippen LogP contribution in [0.5, 0.6) is 0 Å². The van der Waals surface area contributed by atoms with Crippen molar-refractivity contribution in [1.82, 2.24) is 4.57 Å². The van der Waals surface area contributed by atoms with Gasteiger partial charge in [-0.05, 0) is 30.2 Å². The molecule has 1 N–H and O–H groups in total. The third-order valence-electron chi connectivity index (χ3n) is 2.99. The van der Waals surface area contributed by atoms with Crippen LogP contribution in [0.25, 0.3) is 10.9 Å². The predicted molar refractivity (Wildman–Crippen MR) is 72.4 cm³/mol. The zero-order valence-electron chi connectivity index (χ0n) is 10.7. The van der Waals surface area contributed by atoms with Crippen molar-refractivity contribution in [2.75, 3.05) is 25.6 Å². The number of nitrogens with one attached hydrogen (secondary N) is 1. The first-order valence-electron chi connectivity index (χ1n) is 5.98. The molecule has 0 amide bonds. The monoisotopic (exact) mass is 232 g/mol. The third-order valence-corrected chi connectivity index (χ3v) is 2.99. The molecule has 0 radical (unpaired) electrons. The van der Waals surface area contributed by atoms with Crippen LogP contribution in [-0.2, 0) is 11.8 Å². The molecule has 0 saturated carbocycles. The lowest BCUT2D eigenvalue weighted by Crippen LogP contribution is -2.15. The summed E-state index contributed by atoms with van der Waals surface area (Å²) in [6, 6.07) is 8.61. The van der Waals surface area contributed by atoms with Crippen molar-refractivity contribution in [3.63, 3.8) is 0 Å². The highest BCUT2D eigenvalue weighted by Crippen LogP contribution is 2.19. The molecule has 0 saturated heterocycles. The highest BCUT2D eigenvalue weighted by Gasteiger charge is 2.02. The molecule has 17 heavy (non-hydrogen) atoms. The van der Waals surface area contributed by atoms with Gasteiger partial charge in [-0.3, -0.25) is 0 Å². The van der Waals surface area contributed by atoms with Crippen molar-refractivity contribution >= 4 is 16.6 Å². The summed E-state index contributed by atoms with van der Waals surface area (Å²) >= 11 is 0. The Hall–Kier alpha value is -1.48. The second-order valence-electron chi connectivity index (χ2n) is 4.64. The maximum absolute atomic E-state index is 5.12. The molecular weight excluding hydrogens is 212 g/mol. The molecule has 0 aliphatic carbocycles. The minimum absolute atomic E-state index is 0.520. The second kappa shape index (κ2) is 5.23. The van der Waals surface area contributed by atoms with Crippen LogP contribution < -0.4 is 5.32 Å². The van der Waals surface area contributed by atoms with Gasteiger partial charge in [0, 0.05) is 43.5 Å². The second-order valence-corrected chi connectivity index (χ2v) is 4.64. The molecule has 3 heteroatoms. The molecule has 0 spiro atoms. The fraction of sp³-hybridized carbons (Fsp3) is 0.429. The molecule has 0 bridgehead atoms. The molecule has 1 heterocycles. The Morgan fingerprint density at radius 1 is 1.35 bits per heavy atom. The standard InChI is InChI=1S/C14H20N2O/c1-11(10-17-3)9-15-13-4-5-14-12(8-13)6-7-16(14)2/h4-8,11,15H,9-10H2,1-3H3. The number of rotatable bonds is 5. The number of anilines is 1. The van der Waals surface area contributed by atoms with Gasteiger partial charge in [-0.1, -0.05) is 6.92 Å². The molecule has 92 valence electrons. The summed E-state index contributed by atoms with van der Waals surface area (Å²) in [7, 11) is 3.81. The Morgan fingerprint density at radius 2 is 2.18 bits per heavy atom. The Balaban J connectivity index is 2.04. The van der Waals surface area contributed by atoms with Crippen LogP contribution in [0.4, 0.5) is 5.69 Å². The quantitative estimate of drug-likeness (QED) is 0.858. The molecule has 1 unspecified atom stereocenters. The van der Waals surface area contributed by atoms with E-state index < -0.39 is 0 Å². The van der Waals surface area contributed by atoms with E-state index in [1.807, 2.05) is 0 Å². The summed E-state index contributed by atoms with van der Waals surface area (Å²) in [4.78, 5) is 0. The average Bonchev–Trinajstić information content (AvgIpc) is 2.69. The van der Waals surface area contributed by atoms with E-state index in [2.05, 4.69) is 54.3 Å². The van der Waals surface area contributed by atoms with Crippen LogP contribution in [0, 0.1) is 5.92 Å². The maximum atomic E-state index is 5.12. The van der Waals surface area contributed by atoms with Gasteiger partial charge >= 0.3 is 0 Å². The number of nitrogens with zero attached hydrogens (tertiary/aromatic N) is 1. The number of benzene rings is 1. The van der Waals surface area contributed by atoms with Gasteiger partial charge in [-0.15, -0.1) is 0 Å². The molecule has 0 aliphatic heterocycles. The summed E-state index contributed by atoms with van der Waals surface area (Å²) in [6.45, 7) is 3.91. The topological polar surface area (TPSA) is 26.2 Å². The van der Waals surface area contributed by atoms with E-state index >= 15 is 0 Å².